The van der Waals surface area contributed by atoms with Crippen molar-refractivity contribution < 1.29 is 19.0 Å². The van der Waals surface area contributed by atoms with Crippen LogP contribution in [0.15, 0.2) is 46.7 Å². The first-order chi connectivity index (χ1) is 13.0. The Labute approximate surface area is 163 Å². The number of ether oxygens (including phenoxy) is 3. The Morgan fingerprint density at radius 2 is 2.19 bits per heavy atom. The van der Waals surface area contributed by atoms with Crippen LogP contribution in [-0.2, 0) is 19.0 Å². The van der Waals surface area contributed by atoms with Gasteiger partial charge < -0.3 is 24.8 Å². The maximum atomic E-state index is 12.7. The fourth-order valence-corrected chi connectivity index (χ4v) is 4.31. The lowest BCUT2D eigenvalue weighted by molar-refractivity contribution is -0.116. The maximum Gasteiger partial charge on any atom is 0.227 e. The molecule has 2 aliphatic heterocycles. The number of carbonyl (C=O) groups is 1. The fourth-order valence-electron chi connectivity index (χ4n) is 3.90. The molecule has 4 unspecified atom stereocenters. The third-order valence-electron chi connectivity index (χ3n) is 5.16. The van der Waals surface area contributed by atoms with Crippen molar-refractivity contribution in [3.05, 3.63) is 46.7 Å². The van der Waals surface area contributed by atoms with Gasteiger partial charge in [0.1, 0.15) is 18.6 Å². The third kappa shape index (κ3) is 3.03. The van der Waals surface area contributed by atoms with Crippen molar-refractivity contribution in [2.75, 3.05) is 20.3 Å². The molecule has 146 valence electrons. The number of allylic oxidation sites excluding steroid dienone is 2. The number of rotatable bonds is 7. The highest BCUT2D eigenvalue weighted by Crippen LogP contribution is 2.62. The van der Waals surface area contributed by atoms with Gasteiger partial charge in [-0.2, -0.15) is 0 Å². The largest absolute Gasteiger partial charge is 0.490 e. The van der Waals surface area contributed by atoms with E-state index in [1.54, 1.807) is 19.4 Å². The van der Waals surface area contributed by atoms with Crippen LogP contribution in [-0.4, -0.2) is 44.0 Å². The summed E-state index contributed by atoms with van der Waals surface area (Å²) >= 11 is 6.69. The van der Waals surface area contributed by atoms with E-state index >= 15 is 0 Å². The molecule has 1 fully saturated rings. The van der Waals surface area contributed by atoms with Gasteiger partial charge in [-0.25, -0.2) is 0 Å². The first-order valence-corrected chi connectivity index (χ1v) is 9.47. The summed E-state index contributed by atoms with van der Waals surface area (Å²) in [5.74, 6) is 0.449. The van der Waals surface area contributed by atoms with Crippen LogP contribution in [0.25, 0.3) is 0 Å². The van der Waals surface area contributed by atoms with Crippen LogP contribution in [0.1, 0.15) is 13.8 Å². The molecule has 0 radical (unpaired) electrons. The number of carbonyl (C=O) groups excluding carboxylic acids is 1. The predicted octanol–water partition coefficient (Wildman–Crippen LogP) is 1.45. The molecule has 0 aromatic rings. The van der Waals surface area contributed by atoms with Gasteiger partial charge in [0.2, 0.25) is 6.35 Å². The van der Waals surface area contributed by atoms with E-state index in [4.69, 9.17) is 25.8 Å². The Bertz CT molecular complexity index is 773. The number of hydrogen-bond donors (Lipinski definition) is 3. The summed E-state index contributed by atoms with van der Waals surface area (Å²) in [6, 6.07) is 0.258. The molecule has 4 aliphatic rings. The summed E-state index contributed by atoms with van der Waals surface area (Å²) in [5.41, 5.74) is 0.767. The fraction of sp³-hybridized carbons (Fsp3) is 0.526. The molecule has 1 saturated carbocycles. The molecule has 0 aromatic heterocycles. The Kier molecular flexibility index (Phi) is 4.70. The van der Waals surface area contributed by atoms with Gasteiger partial charge in [-0.1, -0.05) is 17.7 Å². The molecule has 27 heavy (non-hydrogen) atoms. The smallest absolute Gasteiger partial charge is 0.227 e. The Morgan fingerprint density at radius 3 is 2.93 bits per heavy atom. The van der Waals surface area contributed by atoms with Crippen LogP contribution in [0.3, 0.4) is 0 Å². The number of halogens is 1. The monoisotopic (exact) mass is 393 g/mol. The molecule has 2 heterocycles. The van der Waals surface area contributed by atoms with Crippen molar-refractivity contribution in [3.8, 4) is 0 Å². The summed E-state index contributed by atoms with van der Waals surface area (Å²) in [6.45, 7) is 4.94. The van der Waals surface area contributed by atoms with Crippen molar-refractivity contribution >= 4 is 17.4 Å². The Balaban J connectivity index is 1.52. The minimum absolute atomic E-state index is 0.0218. The van der Waals surface area contributed by atoms with E-state index in [0.29, 0.717) is 29.7 Å². The predicted molar refractivity (Wildman–Crippen MR) is 100 cm³/mol. The van der Waals surface area contributed by atoms with Gasteiger partial charge in [0.25, 0.3) is 0 Å². The molecule has 0 bridgehead atoms. The highest BCUT2D eigenvalue weighted by molar-refractivity contribution is 6.32. The van der Waals surface area contributed by atoms with Crippen LogP contribution in [0.4, 0.5) is 0 Å². The molecule has 4 rings (SSSR count). The highest BCUT2D eigenvalue weighted by atomic mass is 35.5. The third-order valence-corrected chi connectivity index (χ3v) is 5.66. The van der Waals surface area contributed by atoms with Crippen LogP contribution < -0.4 is 16.0 Å². The van der Waals surface area contributed by atoms with Gasteiger partial charge in [0.05, 0.1) is 34.5 Å². The highest BCUT2D eigenvalue weighted by Gasteiger charge is 2.72. The average molecular weight is 394 g/mol. The van der Waals surface area contributed by atoms with Crippen LogP contribution >= 0.6 is 11.6 Å². The van der Waals surface area contributed by atoms with Crippen molar-refractivity contribution in [1.82, 2.24) is 16.0 Å². The van der Waals surface area contributed by atoms with E-state index in [2.05, 4.69) is 16.0 Å². The SMILES string of the molecule is COCCOC1=C(Cl)C23NC(C4=COC(NC(C)C)N4)=CC(=O)C2C3C=C1. The molecule has 0 amide bonds. The molecule has 3 N–H and O–H groups in total. The molecule has 8 heteroatoms. The van der Waals surface area contributed by atoms with E-state index in [9.17, 15) is 4.79 Å². The van der Waals surface area contributed by atoms with E-state index in [-0.39, 0.29) is 30.0 Å². The second-order valence-electron chi connectivity index (χ2n) is 7.35. The number of fused-ring (bicyclic) bond motifs is 1. The number of methoxy groups -OCH3 is 1. The quantitative estimate of drug-likeness (QED) is 0.565. The van der Waals surface area contributed by atoms with Crippen LogP contribution in [0.2, 0.25) is 0 Å². The minimum atomic E-state index is -0.633. The zero-order chi connectivity index (χ0) is 19.2. The van der Waals surface area contributed by atoms with Crippen LogP contribution in [0, 0.1) is 11.8 Å². The van der Waals surface area contributed by atoms with Crippen molar-refractivity contribution in [1.29, 1.82) is 0 Å². The van der Waals surface area contributed by atoms with Crippen molar-refractivity contribution in [2.45, 2.75) is 31.8 Å². The normalized spacial score (nSPS) is 33.5. The molecule has 2 aliphatic carbocycles. The zero-order valence-electron chi connectivity index (χ0n) is 15.5. The van der Waals surface area contributed by atoms with Gasteiger partial charge in [0.15, 0.2) is 5.78 Å². The minimum Gasteiger partial charge on any atom is -0.490 e. The van der Waals surface area contributed by atoms with Gasteiger partial charge in [-0.05, 0) is 19.9 Å². The summed E-state index contributed by atoms with van der Waals surface area (Å²) < 4.78 is 16.3. The second kappa shape index (κ2) is 6.89. The molecule has 7 nitrogen and oxygen atoms in total. The summed E-state index contributed by atoms with van der Waals surface area (Å²) in [6.07, 6.45) is 6.76. The van der Waals surface area contributed by atoms with Crippen molar-refractivity contribution in [2.24, 2.45) is 11.8 Å². The van der Waals surface area contributed by atoms with Gasteiger partial charge in [-0.3, -0.25) is 10.1 Å². The molecule has 0 aromatic carbocycles. The molecular formula is C19H24ClN3O4. The first-order valence-electron chi connectivity index (χ1n) is 9.10. The average Bonchev–Trinajstić information content (AvgIpc) is 3.09. The number of nitrogens with one attached hydrogen (secondary N) is 3. The number of hydrogen-bond acceptors (Lipinski definition) is 7. The molecule has 4 atom stereocenters. The van der Waals surface area contributed by atoms with Gasteiger partial charge in [-0.15, -0.1) is 0 Å². The van der Waals surface area contributed by atoms with Crippen molar-refractivity contribution in [3.63, 3.8) is 0 Å². The lowest BCUT2D eigenvalue weighted by Gasteiger charge is -2.28. The molecule has 0 saturated heterocycles. The maximum absolute atomic E-state index is 12.7. The first kappa shape index (κ1) is 18.4. The van der Waals surface area contributed by atoms with Crippen LogP contribution in [0.5, 0.6) is 0 Å². The molecule has 1 spiro atoms. The lowest BCUT2D eigenvalue weighted by Crippen LogP contribution is -2.46. The van der Waals surface area contributed by atoms with E-state index in [1.165, 1.54) is 0 Å². The lowest BCUT2D eigenvalue weighted by atomic mass is 10.0. The van der Waals surface area contributed by atoms with Gasteiger partial charge >= 0.3 is 0 Å². The van der Waals surface area contributed by atoms with E-state index < -0.39 is 5.54 Å². The zero-order valence-corrected chi connectivity index (χ0v) is 16.3. The molecular weight excluding hydrogens is 370 g/mol. The number of ketones is 1. The Hall–Kier alpha value is -1.96. The summed E-state index contributed by atoms with van der Waals surface area (Å²) in [7, 11) is 1.62. The van der Waals surface area contributed by atoms with E-state index in [1.807, 2.05) is 26.0 Å². The Morgan fingerprint density at radius 1 is 1.37 bits per heavy atom. The summed E-state index contributed by atoms with van der Waals surface area (Å²) in [5, 5.41) is 10.5. The second-order valence-corrected chi connectivity index (χ2v) is 7.73. The standard InChI is InChI=1S/C19H24ClN3O4/c1-10(2)21-18-22-13(9-27-18)12-8-14(24)16-11-4-5-15(26-7-6-25-3)17(20)19(11,16)23-12/h4-5,8-11,16,18,21-23H,6-7H2,1-3H3. The van der Waals surface area contributed by atoms with Gasteiger partial charge in [0, 0.05) is 25.1 Å². The topological polar surface area (TPSA) is 80.8 Å². The summed E-state index contributed by atoms with van der Waals surface area (Å²) in [4.78, 5) is 12.7. The van der Waals surface area contributed by atoms with E-state index in [0.717, 1.165) is 5.70 Å².